The number of rotatable bonds is 1. The van der Waals surface area contributed by atoms with Crippen molar-refractivity contribution in [1.82, 2.24) is 0 Å². The Morgan fingerprint density at radius 3 is 2.27 bits per heavy atom. The first-order valence-corrected chi connectivity index (χ1v) is 13.9. The SMILES string of the molecule is C[C@@H]1[C@@]23CC[C@H]4C(CC[C@@]5(C)[C@@H]6C[C@](C)(C(=O)O)CC[C@]6(C)CC[C@]45C)[C@@H]2CC[C@]1(O)OC3. The van der Waals surface area contributed by atoms with Crippen LogP contribution in [0, 0.1) is 56.7 Å². The lowest BCUT2D eigenvalue weighted by atomic mass is 9.33. The Bertz CT molecular complexity index is 872. The fraction of sp³-hybridized carbons (Fsp3) is 0.966. The van der Waals surface area contributed by atoms with Crippen molar-refractivity contribution in [3.63, 3.8) is 0 Å². The molecule has 6 rings (SSSR count). The molecule has 5 saturated carbocycles. The molecule has 1 heterocycles. The summed E-state index contributed by atoms with van der Waals surface area (Å²) in [7, 11) is 0. The predicted octanol–water partition coefficient (Wildman–Crippen LogP) is 6.26. The normalized spacial score (nSPS) is 61.9. The maximum atomic E-state index is 12.3. The number of ether oxygens (including phenoxy) is 1. The van der Waals surface area contributed by atoms with E-state index in [1.165, 1.54) is 38.5 Å². The molecule has 1 spiro atoms. The molecule has 0 aromatic rings. The van der Waals surface area contributed by atoms with E-state index in [0.29, 0.717) is 17.3 Å². The first-order chi connectivity index (χ1) is 15.3. The standard InChI is InChI=1S/C29H46O4/c1-18-28-10-7-20-19(21(28)8-11-29(18,32)33-17-28)6-9-27(5)22-16-25(3,23(30)31)13-12-24(22,2)14-15-26(20,27)4/h18-22,32H,6-17H2,1-5H3,(H,30,31)/t18-,19?,20+,21+,22-,24-,25-,26-,27+,28+,29+/m1/s1. The molecule has 1 unspecified atom stereocenters. The van der Waals surface area contributed by atoms with Gasteiger partial charge in [0.15, 0.2) is 5.79 Å². The summed E-state index contributed by atoms with van der Waals surface area (Å²) in [6.45, 7) is 12.7. The van der Waals surface area contributed by atoms with E-state index >= 15 is 0 Å². The second-order valence-electron chi connectivity index (χ2n) is 14.7. The van der Waals surface area contributed by atoms with Crippen LogP contribution < -0.4 is 0 Å². The van der Waals surface area contributed by atoms with Gasteiger partial charge in [-0.1, -0.05) is 27.7 Å². The highest BCUT2D eigenvalue weighted by Crippen LogP contribution is 2.76. The Morgan fingerprint density at radius 1 is 0.848 bits per heavy atom. The topological polar surface area (TPSA) is 66.8 Å². The third-order valence-corrected chi connectivity index (χ3v) is 14.0. The zero-order valence-corrected chi connectivity index (χ0v) is 21.6. The number of hydrogen-bond donors (Lipinski definition) is 2. The number of aliphatic hydroxyl groups is 1. The molecule has 0 aromatic heterocycles. The highest BCUT2D eigenvalue weighted by atomic mass is 16.6. The van der Waals surface area contributed by atoms with Gasteiger partial charge in [0, 0.05) is 17.8 Å². The molecule has 5 aliphatic carbocycles. The molecule has 4 nitrogen and oxygen atoms in total. The van der Waals surface area contributed by atoms with Crippen LogP contribution in [0.5, 0.6) is 0 Å². The highest BCUT2D eigenvalue weighted by molar-refractivity contribution is 5.74. The van der Waals surface area contributed by atoms with Gasteiger partial charge in [0.05, 0.1) is 12.0 Å². The zero-order valence-electron chi connectivity index (χ0n) is 21.6. The minimum Gasteiger partial charge on any atom is -0.481 e. The lowest BCUT2D eigenvalue weighted by Crippen LogP contribution is -2.65. The van der Waals surface area contributed by atoms with Crippen LogP contribution in [0.15, 0.2) is 0 Å². The van der Waals surface area contributed by atoms with Crippen LogP contribution in [0.25, 0.3) is 0 Å². The van der Waals surface area contributed by atoms with Crippen LogP contribution in [-0.2, 0) is 9.53 Å². The molecular weight excluding hydrogens is 412 g/mol. The quantitative estimate of drug-likeness (QED) is 0.486. The van der Waals surface area contributed by atoms with Crippen LogP contribution in [0.2, 0.25) is 0 Å². The molecular formula is C29H46O4. The van der Waals surface area contributed by atoms with E-state index < -0.39 is 17.2 Å². The smallest absolute Gasteiger partial charge is 0.309 e. The minimum atomic E-state index is -0.882. The Morgan fingerprint density at radius 2 is 1.55 bits per heavy atom. The number of carboxylic acids is 1. The van der Waals surface area contributed by atoms with Gasteiger partial charge in [0.25, 0.3) is 0 Å². The van der Waals surface area contributed by atoms with E-state index in [4.69, 9.17) is 4.74 Å². The van der Waals surface area contributed by atoms with Crippen molar-refractivity contribution >= 4 is 5.97 Å². The first-order valence-electron chi connectivity index (χ1n) is 13.9. The van der Waals surface area contributed by atoms with Crippen molar-refractivity contribution in [2.75, 3.05) is 6.61 Å². The molecule has 33 heavy (non-hydrogen) atoms. The second kappa shape index (κ2) is 6.58. The van der Waals surface area contributed by atoms with Gasteiger partial charge in [0.2, 0.25) is 0 Å². The van der Waals surface area contributed by atoms with E-state index in [0.717, 1.165) is 50.5 Å². The van der Waals surface area contributed by atoms with E-state index in [-0.39, 0.29) is 22.2 Å². The lowest BCUT2D eigenvalue weighted by molar-refractivity contribution is -0.242. The molecule has 1 aliphatic heterocycles. The molecule has 11 atom stereocenters. The van der Waals surface area contributed by atoms with Crippen LogP contribution in [0.4, 0.5) is 0 Å². The van der Waals surface area contributed by atoms with Crippen molar-refractivity contribution in [2.45, 2.75) is 111 Å². The van der Waals surface area contributed by atoms with Gasteiger partial charge < -0.3 is 14.9 Å². The van der Waals surface area contributed by atoms with Gasteiger partial charge in [-0.25, -0.2) is 0 Å². The predicted molar refractivity (Wildman–Crippen MR) is 127 cm³/mol. The van der Waals surface area contributed by atoms with Gasteiger partial charge in [0.1, 0.15) is 0 Å². The highest BCUT2D eigenvalue weighted by Gasteiger charge is 2.71. The van der Waals surface area contributed by atoms with Gasteiger partial charge >= 0.3 is 5.97 Å². The summed E-state index contributed by atoms with van der Waals surface area (Å²) in [6, 6.07) is 0. The molecule has 4 heteroatoms. The average Bonchev–Trinajstić information content (AvgIpc) is 2.92. The Balaban J connectivity index is 1.35. The van der Waals surface area contributed by atoms with Crippen molar-refractivity contribution in [3.8, 4) is 0 Å². The van der Waals surface area contributed by atoms with Crippen molar-refractivity contribution < 1.29 is 19.7 Å². The molecule has 0 radical (unpaired) electrons. The lowest BCUT2D eigenvalue weighted by Gasteiger charge is -2.72. The van der Waals surface area contributed by atoms with E-state index in [1.54, 1.807) is 0 Å². The minimum absolute atomic E-state index is 0.175. The Hall–Kier alpha value is -0.610. The molecule has 2 bridgehead atoms. The third kappa shape index (κ3) is 2.59. The summed E-state index contributed by atoms with van der Waals surface area (Å²) in [5.41, 5.74) is 0.406. The summed E-state index contributed by atoms with van der Waals surface area (Å²) in [6.07, 6.45) is 12.2. The number of carbonyl (C=O) groups is 1. The summed E-state index contributed by atoms with van der Waals surface area (Å²) in [5.74, 6) is 1.43. The summed E-state index contributed by atoms with van der Waals surface area (Å²) in [4.78, 5) is 12.3. The van der Waals surface area contributed by atoms with Gasteiger partial charge in [-0.15, -0.1) is 0 Å². The average molecular weight is 459 g/mol. The van der Waals surface area contributed by atoms with Crippen LogP contribution in [0.3, 0.4) is 0 Å². The van der Waals surface area contributed by atoms with Crippen molar-refractivity contribution in [2.24, 2.45) is 56.7 Å². The number of aliphatic carboxylic acids is 1. The van der Waals surface area contributed by atoms with Gasteiger partial charge in [-0.05, 0) is 111 Å². The largest absolute Gasteiger partial charge is 0.481 e. The van der Waals surface area contributed by atoms with Crippen LogP contribution >= 0.6 is 0 Å². The number of carboxylic acid groups (broad SMARTS) is 1. The fourth-order valence-electron chi connectivity index (χ4n) is 11.3. The fourth-order valence-corrected chi connectivity index (χ4v) is 11.3. The maximum absolute atomic E-state index is 12.3. The van der Waals surface area contributed by atoms with Crippen molar-refractivity contribution in [1.29, 1.82) is 0 Å². The number of hydrogen-bond acceptors (Lipinski definition) is 3. The maximum Gasteiger partial charge on any atom is 0.309 e. The van der Waals surface area contributed by atoms with E-state index in [1.807, 2.05) is 6.92 Å². The zero-order chi connectivity index (χ0) is 23.7. The molecule has 2 N–H and O–H groups in total. The van der Waals surface area contributed by atoms with Crippen LogP contribution in [0.1, 0.15) is 105 Å². The molecule has 1 saturated heterocycles. The third-order valence-electron chi connectivity index (χ3n) is 14.0. The molecule has 0 aromatic carbocycles. The van der Waals surface area contributed by atoms with Crippen molar-refractivity contribution in [3.05, 3.63) is 0 Å². The second-order valence-corrected chi connectivity index (χ2v) is 14.7. The Labute approximate surface area is 200 Å². The summed E-state index contributed by atoms with van der Waals surface area (Å²) < 4.78 is 6.10. The molecule has 6 aliphatic rings. The molecule has 0 amide bonds. The van der Waals surface area contributed by atoms with E-state index in [2.05, 4.69) is 27.7 Å². The summed E-state index contributed by atoms with van der Waals surface area (Å²) >= 11 is 0. The Kier molecular flexibility index (Phi) is 4.55. The van der Waals surface area contributed by atoms with Crippen LogP contribution in [-0.4, -0.2) is 28.6 Å². The summed E-state index contributed by atoms with van der Waals surface area (Å²) in [5, 5.41) is 21.2. The first kappa shape index (κ1) is 22.8. The molecule has 186 valence electrons. The van der Waals surface area contributed by atoms with Gasteiger partial charge in [-0.3, -0.25) is 4.79 Å². The molecule has 6 fully saturated rings. The monoisotopic (exact) mass is 458 g/mol. The number of fused-ring (bicyclic) bond motifs is 7. The van der Waals surface area contributed by atoms with Gasteiger partial charge in [-0.2, -0.15) is 0 Å². The van der Waals surface area contributed by atoms with E-state index in [9.17, 15) is 15.0 Å².